The summed E-state index contributed by atoms with van der Waals surface area (Å²) in [4.78, 5) is 14.3. The van der Waals surface area contributed by atoms with E-state index in [9.17, 15) is 18.0 Å². The molecule has 0 spiro atoms. The fourth-order valence-electron chi connectivity index (χ4n) is 1.02. The minimum absolute atomic E-state index is 0.0322. The summed E-state index contributed by atoms with van der Waals surface area (Å²) in [6.07, 6.45) is -4.93. The smallest absolute Gasteiger partial charge is 0.478 e. The molecule has 0 radical (unpaired) electrons. The molecule has 0 aliphatic heterocycles. The summed E-state index contributed by atoms with van der Waals surface area (Å²) < 4.78 is 39.6. The maximum absolute atomic E-state index is 12.0. The summed E-state index contributed by atoms with van der Waals surface area (Å²) >= 11 is 1.65. The third-order valence-electron chi connectivity index (χ3n) is 1.65. The second-order valence-corrected chi connectivity index (χ2v) is 3.90. The molecule has 0 unspecified atom stereocenters. The van der Waals surface area contributed by atoms with Crippen LogP contribution in [0.2, 0.25) is 0 Å². The highest BCUT2D eigenvalue weighted by Crippen LogP contribution is 2.25. The Kier molecular flexibility index (Phi) is 4.14. The maximum Gasteiger partial charge on any atom is 0.574 e. The molecule has 0 aliphatic carbocycles. The molecule has 1 rings (SSSR count). The van der Waals surface area contributed by atoms with Crippen molar-refractivity contribution in [3.05, 3.63) is 20.9 Å². The average Bonchev–Trinajstić information content (AvgIpc) is 2.17. The van der Waals surface area contributed by atoms with Crippen LogP contribution in [-0.4, -0.2) is 22.4 Å². The van der Waals surface area contributed by atoms with E-state index in [-0.39, 0.29) is 21.4 Å². The van der Waals surface area contributed by atoms with Gasteiger partial charge < -0.3 is 15.6 Å². The van der Waals surface area contributed by atoms with Gasteiger partial charge in [0.15, 0.2) is 0 Å². The Morgan fingerprint density at radius 1 is 1.59 bits per heavy atom. The van der Waals surface area contributed by atoms with Crippen LogP contribution < -0.4 is 10.5 Å². The van der Waals surface area contributed by atoms with Crippen LogP contribution in [0, 0.1) is 3.57 Å². The molecule has 0 bridgehead atoms. The van der Waals surface area contributed by atoms with Gasteiger partial charge in [-0.25, -0.2) is 9.78 Å². The molecule has 0 saturated carbocycles. The molecule has 0 aromatic carbocycles. The summed E-state index contributed by atoms with van der Waals surface area (Å²) in [5.41, 5.74) is 4.95. The first-order valence-electron chi connectivity index (χ1n) is 4.13. The highest BCUT2D eigenvalue weighted by atomic mass is 127. The Balaban J connectivity index is 3.25. The summed E-state index contributed by atoms with van der Waals surface area (Å²) in [5, 5.41) is 8.80. The minimum Gasteiger partial charge on any atom is -0.478 e. The zero-order valence-electron chi connectivity index (χ0n) is 8.08. The molecular formula is C8H6F3IN2O3. The number of rotatable bonds is 3. The van der Waals surface area contributed by atoms with Gasteiger partial charge in [0.2, 0.25) is 5.88 Å². The lowest BCUT2D eigenvalue weighted by Gasteiger charge is -2.11. The fraction of sp³-hybridized carbons (Fsp3) is 0.250. The first kappa shape index (κ1) is 14.0. The number of nitrogens with two attached hydrogens (primary N) is 1. The van der Waals surface area contributed by atoms with Gasteiger partial charge in [0.1, 0.15) is 0 Å². The van der Waals surface area contributed by atoms with Crippen molar-refractivity contribution in [1.29, 1.82) is 0 Å². The highest BCUT2D eigenvalue weighted by Gasteiger charge is 2.32. The lowest BCUT2D eigenvalue weighted by atomic mass is 10.2. The first-order valence-corrected chi connectivity index (χ1v) is 5.21. The van der Waals surface area contributed by atoms with Gasteiger partial charge in [-0.05, 0) is 22.6 Å². The van der Waals surface area contributed by atoms with E-state index in [1.54, 1.807) is 22.6 Å². The second-order valence-electron chi connectivity index (χ2n) is 2.83. The number of aromatic nitrogens is 1. The predicted molar refractivity (Wildman–Crippen MR) is 58.5 cm³/mol. The largest absolute Gasteiger partial charge is 0.574 e. The Labute approximate surface area is 107 Å². The van der Waals surface area contributed by atoms with Crippen molar-refractivity contribution in [2.75, 3.05) is 0 Å². The van der Waals surface area contributed by atoms with Gasteiger partial charge in [0, 0.05) is 12.6 Å². The van der Waals surface area contributed by atoms with Gasteiger partial charge in [0.05, 0.1) is 14.8 Å². The number of halogens is 4. The first-order chi connectivity index (χ1) is 7.74. The second kappa shape index (κ2) is 5.04. The van der Waals surface area contributed by atoms with Crippen molar-refractivity contribution in [3.8, 4) is 5.88 Å². The van der Waals surface area contributed by atoms with Gasteiger partial charge in [-0.1, -0.05) is 0 Å². The van der Waals surface area contributed by atoms with Crippen LogP contribution in [0.4, 0.5) is 13.2 Å². The lowest BCUT2D eigenvalue weighted by molar-refractivity contribution is -0.276. The van der Waals surface area contributed by atoms with Crippen LogP contribution in [0.5, 0.6) is 5.88 Å². The summed E-state index contributed by atoms with van der Waals surface area (Å²) in [6, 6.07) is 0.705. The van der Waals surface area contributed by atoms with E-state index in [2.05, 4.69) is 9.72 Å². The molecule has 3 N–H and O–H groups in total. The quantitative estimate of drug-likeness (QED) is 0.801. The topological polar surface area (TPSA) is 85.4 Å². The molecule has 0 saturated heterocycles. The van der Waals surface area contributed by atoms with E-state index in [1.165, 1.54) is 0 Å². The number of carbonyl (C=O) groups is 1. The van der Waals surface area contributed by atoms with Crippen LogP contribution in [0.3, 0.4) is 0 Å². The molecule has 0 aliphatic rings. The average molecular weight is 362 g/mol. The molecule has 0 fully saturated rings. The Morgan fingerprint density at radius 3 is 2.59 bits per heavy atom. The predicted octanol–water partition coefficient (Wildman–Crippen LogP) is 1.74. The molecule has 94 valence electrons. The number of hydrogen-bond donors (Lipinski definition) is 2. The molecule has 0 amide bonds. The van der Waals surface area contributed by atoms with Crippen molar-refractivity contribution < 1.29 is 27.8 Å². The van der Waals surface area contributed by atoms with Crippen molar-refractivity contribution in [2.45, 2.75) is 12.9 Å². The number of aromatic carboxylic acids is 1. The molecule has 17 heavy (non-hydrogen) atoms. The molecular weight excluding hydrogens is 356 g/mol. The van der Waals surface area contributed by atoms with Crippen LogP contribution in [0.25, 0.3) is 0 Å². The minimum atomic E-state index is -4.93. The van der Waals surface area contributed by atoms with Crippen molar-refractivity contribution in [2.24, 2.45) is 5.73 Å². The number of hydrogen-bond acceptors (Lipinski definition) is 4. The van der Waals surface area contributed by atoms with E-state index < -0.39 is 18.2 Å². The molecule has 1 aromatic rings. The van der Waals surface area contributed by atoms with Crippen molar-refractivity contribution in [1.82, 2.24) is 4.98 Å². The van der Waals surface area contributed by atoms with Gasteiger partial charge in [-0.2, -0.15) is 0 Å². The number of carboxylic acid groups (broad SMARTS) is 1. The summed E-state index contributed by atoms with van der Waals surface area (Å²) in [5.74, 6) is -2.21. The number of alkyl halides is 3. The van der Waals surface area contributed by atoms with E-state index in [0.717, 1.165) is 0 Å². The van der Waals surface area contributed by atoms with E-state index >= 15 is 0 Å². The Bertz CT molecular complexity index is 450. The van der Waals surface area contributed by atoms with Crippen LogP contribution in [0.1, 0.15) is 16.1 Å². The molecule has 5 nitrogen and oxygen atoms in total. The van der Waals surface area contributed by atoms with Gasteiger partial charge >= 0.3 is 12.3 Å². The number of nitrogens with zero attached hydrogens (tertiary/aromatic N) is 1. The zero-order chi connectivity index (χ0) is 13.2. The monoisotopic (exact) mass is 362 g/mol. The van der Waals surface area contributed by atoms with E-state index in [1.807, 2.05) is 0 Å². The molecule has 1 aromatic heterocycles. The zero-order valence-corrected chi connectivity index (χ0v) is 10.2. The fourth-order valence-corrected chi connectivity index (χ4v) is 1.75. The molecule has 1 heterocycles. The van der Waals surface area contributed by atoms with E-state index in [4.69, 9.17) is 10.8 Å². The lowest BCUT2D eigenvalue weighted by Crippen LogP contribution is -2.20. The highest BCUT2D eigenvalue weighted by molar-refractivity contribution is 14.1. The number of ether oxygens (including phenoxy) is 1. The van der Waals surface area contributed by atoms with Crippen LogP contribution in [0.15, 0.2) is 6.07 Å². The van der Waals surface area contributed by atoms with Crippen LogP contribution >= 0.6 is 22.6 Å². The van der Waals surface area contributed by atoms with Gasteiger partial charge in [0.25, 0.3) is 0 Å². The van der Waals surface area contributed by atoms with Crippen molar-refractivity contribution in [3.63, 3.8) is 0 Å². The van der Waals surface area contributed by atoms with Gasteiger partial charge in [-0.15, -0.1) is 13.2 Å². The number of carboxylic acids is 1. The number of pyridine rings is 1. The SMILES string of the molecule is NCc1nc(OC(F)(F)F)cc(C(=O)O)c1I. The normalized spacial score (nSPS) is 11.4. The van der Waals surface area contributed by atoms with E-state index in [0.29, 0.717) is 6.07 Å². The standard InChI is InChI=1S/C8H6F3IN2O3/c9-8(10,11)17-5-1-3(7(15)16)6(12)4(2-13)14-5/h1H,2,13H2,(H,15,16). The van der Waals surface area contributed by atoms with Crippen LogP contribution in [-0.2, 0) is 6.54 Å². The molecule has 9 heteroatoms. The third kappa shape index (κ3) is 3.70. The van der Waals surface area contributed by atoms with Gasteiger partial charge in [-0.3, -0.25) is 0 Å². The maximum atomic E-state index is 12.0. The molecule has 0 atom stereocenters. The van der Waals surface area contributed by atoms with Crippen molar-refractivity contribution >= 4 is 28.6 Å². The Morgan fingerprint density at radius 2 is 2.18 bits per heavy atom. The summed E-state index contributed by atoms with van der Waals surface area (Å²) in [7, 11) is 0. The third-order valence-corrected chi connectivity index (χ3v) is 2.85. The Hall–Kier alpha value is -1.10. The summed E-state index contributed by atoms with van der Waals surface area (Å²) in [6.45, 7) is -0.187.